The van der Waals surface area contributed by atoms with Gasteiger partial charge in [-0.3, -0.25) is 4.90 Å². The zero-order valence-electron chi connectivity index (χ0n) is 16.4. The predicted molar refractivity (Wildman–Crippen MR) is 103 cm³/mol. The van der Waals surface area contributed by atoms with Gasteiger partial charge in [0.2, 0.25) is 10.0 Å². The van der Waals surface area contributed by atoms with Crippen LogP contribution in [-0.4, -0.2) is 77.2 Å². The third-order valence-corrected chi connectivity index (χ3v) is 6.43. The molecule has 1 aromatic carbocycles. The molecule has 148 valence electrons. The average Bonchev–Trinajstić information content (AvgIpc) is 2.66. The van der Waals surface area contributed by atoms with E-state index in [-0.39, 0.29) is 10.4 Å². The Morgan fingerprint density at radius 2 is 1.69 bits per heavy atom. The molecule has 0 aliphatic carbocycles. The van der Waals surface area contributed by atoms with Gasteiger partial charge in [0.05, 0.1) is 19.1 Å². The molecule has 0 saturated carbocycles. The zero-order valence-corrected chi connectivity index (χ0v) is 17.2. The van der Waals surface area contributed by atoms with Crippen LogP contribution in [0.3, 0.4) is 0 Å². The SMILES string of the molecule is CCN1CCN(C(C)(C)CNS(=O)(=O)c2ccc(OC)c(OC)c2)CC1. The fraction of sp³-hybridized carbons (Fsp3) is 0.667. The van der Waals surface area contributed by atoms with Crippen molar-refractivity contribution in [3.63, 3.8) is 0 Å². The largest absolute Gasteiger partial charge is 0.493 e. The minimum absolute atomic E-state index is 0.168. The number of nitrogens with zero attached hydrogens (tertiary/aromatic N) is 2. The van der Waals surface area contributed by atoms with Gasteiger partial charge >= 0.3 is 0 Å². The van der Waals surface area contributed by atoms with Crippen LogP contribution in [0.15, 0.2) is 23.1 Å². The molecule has 0 unspecified atom stereocenters. The standard InChI is InChI=1S/C18H31N3O4S/c1-6-20-9-11-21(12-10-20)18(2,3)14-19-26(22,23)15-7-8-16(24-4)17(13-15)25-5/h7-8,13,19H,6,9-12,14H2,1-5H3. The summed E-state index contributed by atoms with van der Waals surface area (Å²) in [4.78, 5) is 4.91. The normalized spacial score (nSPS) is 17.3. The molecule has 26 heavy (non-hydrogen) atoms. The Labute approximate surface area is 157 Å². The van der Waals surface area contributed by atoms with Crippen LogP contribution in [0, 0.1) is 0 Å². The Kier molecular flexibility index (Phi) is 6.90. The van der Waals surface area contributed by atoms with Gasteiger partial charge in [0.25, 0.3) is 0 Å². The van der Waals surface area contributed by atoms with Crippen molar-refractivity contribution >= 4 is 10.0 Å². The van der Waals surface area contributed by atoms with Crippen molar-refractivity contribution in [2.45, 2.75) is 31.2 Å². The third kappa shape index (κ3) is 4.88. The molecule has 0 bridgehead atoms. The highest BCUT2D eigenvalue weighted by molar-refractivity contribution is 7.89. The third-order valence-electron chi connectivity index (χ3n) is 5.04. The number of nitrogens with one attached hydrogen (secondary N) is 1. The maximum atomic E-state index is 12.7. The minimum Gasteiger partial charge on any atom is -0.493 e. The molecule has 1 heterocycles. The highest BCUT2D eigenvalue weighted by Crippen LogP contribution is 2.29. The van der Waals surface area contributed by atoms with Crippen LogP contribution in [0.1, 0.15) is 20.8 Å². The Bertz CT molecular complexity index is 698. The number of hydrogen-bond donors (Lipinski definition) is 1. The van der Waals surface area contributed by atoms with E-state index in [0.29, 0.717) is 18.0 Å². The van der Waals surface area contributed by atoms with Gasteiger partial charge in [-0.25, -0.2) is 13.1 Å². The topological polar surface area (TPSA) is 71.1 Å². The Balaban J connectivity index is 2.05. The lowest BCUT2D eigenvalue weighted by molar-refractivity contribution is 0.0571. The summed E-state index contributed by atoms with van der Waals surface area (Å²) in [6.07, 6.45) is 0. The molecule has 0 aromatic heterocycles. The lowest BCUT2D eigenvalue weighted by Crippen LogP contribution is -2.58. The predicted octanol–water partition coefficient (Wildman–Crippen LogP) is 1.40. The van der Waals surface area contributed by atoms with Crippen molar-refractivity contribution in [2.24, 2.45) is 0 Å². The second kappa shape index (κ2) is 8.56. The van der Waals surface area contributed by atoms with Gasteiger partial charge in [0.1, 0.15) is 0 Å². The van der Waals surface area contributed by atoms with Crippen molar-refractivity contribution in [3.8, 4) is 11.5 Å². The summed E-state index contributed by atoms with van der Waals surface area (Å²) < 4.78 is 38.5. The number of ether oxygens (including phenoxy) is 2. The van der Waals surface area contributed by atoms with E-state index in [1.165, 1.54) is 26.4 Å². The molecular weight excluding hydrogens is 354 g/mol. The van der Waals surface area contributed by atoms with Crippen LogP contribution >= 0.6 is 0 Å². The maximum Gasteiger partial charge on any atom is 0.240 e. The second-order valence-corrected chi connectivity index (χ2v) is 8.84. The van der Waals surface area contributed by atoms with Gasteiger partial charge in [0, 0.05) is 44.3 Å². The molecule has 7 nitrogen and oxygen atoms in total. The smallest absolute Gasteiger partial charge is 0.240 e. The molecule has 1 fully saturated rings. The van der Waals surface area contributed by atoms with E-state index in [9.17, 15) is 8.42 Å². The Morgan fingerprint density at radius 1 is 1.08 bits per heavy atom. The molecule has 0 atom stereocenters. The van der Waals surface area contributed by atoms with Crippen LogP contribution in [-0.2, 0) is 10.0 Å². The summed E-state index contributed by atoms with van der Waals surface area (Å²) in [5.74, 6) is 0.894. The number of methoxy groups -OCH3 is 2. The van der Waals surface area contributed by atoms with Gasteiger partial charge in [0.15, 0.2) is 11.5 Å². The fourth-order valence-corrected chi connectivity index (χ4v) is 4.34. The summed E-state index contributed by atoms with van der Waals surface area (Å²) in [5.41, 5.74) is -0.260. The number of piperazine rings is 1. The van der Waals surface area contributed by atoms with Gasteiger partial charge in [-0.05, 0) is 32.5 Å². The molecule has 2 rings (SSSR count). The summed E-state index contributed by atoms with van der Waals surface area (Å²) in [6.45, 7) is 11.6. The molecule has 1 N–H and O–H groups in total. The van der Waals surface area contributed by atoms with Gasteiger partial charge < -0.3 is 14.4 Å². The van der Waals surface area contributed by atoms with Crippen molar-refractivity contribution in [3.05, 3.63) is 18.2 Å². The molecule has 0 spiro atoms. The van der Waals surface area contributed by atoms with Crippen molar-refractivity contribution < 1.29 is 17.9 Å². The fourth-order valence-electron chi connectivity index (χ4n) is 3.12. The number of hydrogen-bond acceptors (Lipinski definition) is 6. The van der Waals surface area contributed by atoms with Crippen molar-refractivity contribution in [2.75, 3.05) is 53.5 Å². The molecule has 1 aliphatic rings. The van der Waals surface area contributed by atoms with E-state index in [2.05, 4.69) is 35.3 Å². The van der Waals surface area contributed by atoms with E-state index < -0.39 is 10.0 Å². The summed E-state index contributed by atoms with van der Waals surface area (Å²) in [5, 5.41) is 0. The monoisotopic (exact) mass is 385 g/mol. The van der Waals surface area contributed by atoms with E-state index in [1.54, 1.807) is 6.07 Å². The Hall–Kier alpha value is -1.35. The number of likely N-dealkylation sites (N-methyl/N-ethyl adjacent to an activating group) is 1. The van der Waals surface area contributed by atoms with E-state index >= 15 is 0 Å². The first-order valence-electron chi connectivity index (χ1n) is 8.92. The first-order chi connectivity index (χ1) is 12.2. The first kappa shape index (κ1) is 21.0. The van der Waals surface area contributed by atoms with Crippen LogP contribution in [0.2, 0.25) is 0 Å². The molecular formula is C18H31N3O4S. The quantitative estimate of drug-likeness (QED) is 0.729. The van der Waals surface area contributed by atoms with E-state index in [4.69, 9.17) is 9.47 Å². The van der Waals surface area contributed by atoms with Crippen LogP contribution in [0.5, 0.6) is 11.5 Å². The lowest BCUT2D eigenvalue weighted by Gasteiger charge is -2.44. The summed E-state index contributed by atoms with van der Waals surface area (Å²) in [6, 6.07) is 4.60. The highest BCUT2D eigenvalue weighted by Gasteiger charge is 2.31. The van der Waals surface area contributed by atoms with E-state index in [1.807, 2.05) is 0 Å². The number of sulfonamides is 1. The number of benzene rings is 1. The molecule has 8 heteroatoms. The molecule has 1 aromatic rings. The zero-order chi connectivity index (χ0) is 19.4. The molecule has 0 radical (unpaired) electrons. The number of rotatable bonds is 8. The van der Waals surface area contributed by atoms with Crippen LogP contribution in [0.4, 0.5) is 0 Å². The highest BCUT2D eigenvalue weighted by atomic mass is 32.2. The lowest BCUT2D eigenvalue weighted by atomic mass is 10.0. The summed E-state index contributed by atoms with van der Waals surface area (Å²) in [7, 11) is -0.622. The van der Waals surface area contributed by atoms with E-state index in [0.717, 1.165) is 32.7 Å². The maximum absolute atomic E-state index is 12.7. The van der Waals surface area contributed by atoms with Crippen molar-refractivity contribution in [1.82, 2.24) is 14.5 Å². The van der Waals surface area contributed by atoms with Crippen molar-refractivity contribution in [1.29, 1.82) is 0 Å². The molecule has 1 aliphatic heterocycles. The van der Waals surface area contributed by atoms with Gasteiger partial charge in [-0.1, -0.05) is 6.92 Å². The van der Waals surface area contributed by atoms with Crippen LogP contribution < -0.4 is 14.2 Å². The second-order valence-electron chi connectivity index (χ2n) is 7.08. The molecule has 1 saturated heterocycles. The van der Waals surface area contributed by atoms with Gasteiger partial charge in [-0.15, -0.1) is 0 Å². The van der Waals surface area contributed by atoms with Gasteiger partial charge in [-0.2, -0.15) is 0 Å². The Morgan fingerprint density at radius 3 is 2.23 bits per heavy atom. The van der Waals surface area contributed by atoms with Crippen LogP contribution in [0.25, 0.3) is 0 Å². The minimum atomic E-state index is -3.63. The molecule has 0 amide bonds. The average molecular weight is 386 g/mol. The first-order valence-corrected chi connectivity index (χ1v) is 10.4. The summed E-state index contributed by atoms with van der Waals surface area (Å²) >= 11 is 0.